The molecule has 2 saturated heterocycles. The van der Waals surface area contributed by atoms with Crippen LogP contribution in [-0.4, -0.2) is 142 Å². The zero-order valence-electron chi connectivity index (χ0n) is 13.4. The third-order valence-electron chi connectivity index (χ3n) is 3.98. The normalized spacial score (nSPS) is 47.8. The number of aliphatic hydroxyl groups is 8. The first-order chi connectivity index (χ1) is 11.8. The molecule has 0 aromatic carbocycles. The number of halogens is 1. The molecule has 13 heteroatoms. The van der Waals surface area contributed by atoms with Gasteiger partial charge in [0.05, 0.1) is 13.2 Å². The Morgan fingerprint density at radius 3 is 1.80 bits per heavy atom. The molecule has 0 unspecified atom stereocenters. The van der Waals surface area contributed by atoms with Crippen molar-refractivity contribution in [3.63, 3.8) is 0 Å². The molecule has 0 spiro atoms. The molecule has 25 heavy (non-hydrogen) atoms. The summed E-state index contributed by atoms with van der Waals surface area (Å²) in [6.45, 7) is -1.35. The van der Waals surface area contributed by atoms with E-state index in [2.05, 4.69) is 0 Å². The van der Waals surface area contributed by atoms with Gasteiger partial charge >= 0.3 is 34.6 Å². The van der Waals surface area contributed by atoms with E-state index in [-0.39, 0.29) is 0 Å². The Bertz CT molecular complexity index is 390. The van der Waals surface area contributed by atoms with Gasteiger partial charge in [-0.1, -0.05) is 0 Å². The van der Waals surface area contributed by atoms with Gasteiger partial charge in [0.2, 0.25) is 0 Å². The third kappa shape index (κ3) is 5.44. The van der Waals surface area contributed by atoms with Crippen molar-refractivity contribution in [2.45, 2.75) is 61.4 Å². The summed E-state index contributed by atoms with van der Waals surface area (Å²) >= 11 is 0.778. The molecule has 0 saturated carbocycles. The average molecular weight is 401 g/mol. The van der Waals surface area contributed by atoms with Gasteiger partial charge in [-0.15, -0.1) is 0 Å². The molecule has 0 aliphatic carbocycles. The Morgan fingerprint density at radius 2 is 1.28 bits per heavy atom. The fourth-order valence-corrected chi connectivity index (χ4v) is 2.57. The molecular formula is C12H22ClNaO11. The van der Waals surface area contributed by atoms with Crippen molar-refractivity contribution in [3.05, 3.63) is 0 Å². The molecule has 0 aromatic heterocycles. The van der Waals surface area contributed by atoms with Crippen LogP contribution in [0.15, 0.2) is 0 Å². The van der Waals surface area contributed by atoms with Gasteiger partial charge in [-0.3, -0.25) is 0 Å². The van der Waals surface area contributed by atoms with E-state index >= 15 is 0 Å². The molecule has 2 rings (SSSR count). The first kappa shape index (κ1) is 23.9. The molecule has 0 amide bonds. The van der Waals surface area contributed by atoms with Crippen LogP contribution in [0.25, 0.3) is 0 Å². The molecule has 2 fully saturated rings. The number of hydrogen-bond acceptors (Lipinski definition) is 11. The summed E-state index contributed by atoms with van der Waals surface area (Å²) in [6, 6.07) is 0. The zero-order chi connectivity index (χ0) is 19.3. The Balaban J connectivity index is 0.00000151. The minimum atomic E-state index is -1.74. The van der Waals surface area contributed by atoms with Crippen molar-refractivity contribution >= 4 is 34.6 Å². The van der Waals surface area contributed by atoms with E-state index in [4.69, 9.17) is 27.2 Å². The van der Waals surface area contributed by atoms with Crippen LogP contribution in [0.2, 0.25) is 0 Å². The Morgan fingerprint density at radius 1 is 0.720 bits per heavy atom. The second kappa shape index (κ2) is 11.0. The van der Waals surface area contributed by atoms with E-state index in [1.54, 1.807) is 0 Å². The molecule has 11 nitrogen and oxygen atoms in total. The zero-order valence-corrected chi connectivity index (χ0v) is 16.1. The van der Waals surface area contributed by atoms with Crippen molar-refractivity contribution in [2.24, 2.45) is 0 Å². The van der Waals surface area contributed by atoms with E-state index in [1.165, 1.54) is 0 Å². The van der Waals surface area contributed by atoms with E-state index in [0.717, 1.165) is 26.6 Å². The second-order valence-corrected chi connectivity index (χ2v) is 5.53. The van der Waals surface area contributed by atoms with Crippen LogP contribution in [0, 0.1) is 0 Å². The summed E-state index contributed by atoms with van der Waals surface area (Å²) in [7, 11) is 4.78. The standard InChI is InChI=1S/C12H22O11.ClH.Na/c13-1-3-5(15)6(16)9(19)12(22-3)23-10-4(2-14)21-11(20)8(18)7(10)17;;/h3-20H,1-2H2;1H;/q;;+1/p-1/t3-,4-,5+,6+,7-,8-,9-,10-,11+,12+;;/m1../s1. The number of rotatable bonds is 4. The summed E-state index contributed by atoms with van der Waals surface area (Å²) < 4.78 is 15.3. The molecule has 0 radical (unpaired) electrons. The van der Waals surface area contributed by atoms with Gasteiger partial charge in [0.15, 0.2) is 12.6 Å². The fourth-order valence-electron chi connectivity index (χ4n) is 2.57. The van der Waals surface area contributed by atoms with Crippen molar-refractivity contribution in [1.29, 1.82) is 0 Å². The van der Waals surface area contributed by atoms with Crippen molar-refractivity contribution in [3.8, 4) is 0 Å². The van der Waals surface area contributed by atoms with Gasteiger partial charge < -0.3 is 55.1 Å². The van der Waals surface area contributed by atoms with Crippen molar-refractivity contribution < 1.29 is 55.1 Å². The summed E-state index contributed by atoms with van der Waals surface area (Å²) in [5.74, 6) is 0. The topological polar surface area (TPSA) is 190 Å². The number of hydrogen-bond donors (Lipinski definition) is 8. The molecule has 2 aliphatic heterocycles. The first-order valence-corrected chi connectivity index (χ1v) is 10.5. The molecule has 0 aromatic rings. The summed E-state index contributed by atoms with van der Waals surface area (Å²) in [4.78, 5) is 0. The Kier molecular flexibility index (Phi) is 10.5. The molecule has 2 aliphatic rings. The minimum absolute atomic E-state index is 0.667. The van der Waals surface area contributed by atoms with Crippen LogP contribution in [-0.2, 0) is 14.2 Å². The fraction of sp³-hybridized carbons (Fsp3) is 1.00. The summed E-state index contributed by atoms with van der Waals surface area (Å²) in [5, 5.41) is 76.5. The molecular weight excluding hydrogens is 379 g/mol. The first-order valence-electron chi connectivity index (χ1n) is 7.46. The van der Waals surface area contributed by atoms with Crippen LogP contribution in [0.5, 0.6) is 0 Å². The predicted octanol–water partition coefficient (Wildman–Crippen LogP) is -5.09. The van der Waals surface area contributed by atoms with Crippen molar-refractivity contribution in [1.82, 2.24) is 0 Å². The van der Waals surface area contributed by atoms with Gasteiger partial charge in [-0.2, -0.15) is 0 Å². The number of ether oxygens (including phenoxy) is 3. The third-order valence-corrected chi connectivity index (χ3v) is 3.98. The van der Waals surface area contributed by atoms with E-state index in [1.807, 2.05) is 0 Å². The molecule has 10 atom stereocenters. The average Bonchev–Trinajstić information content (AvgIpc) is 2.63. The predicted molar refractivity (Wildman–Crippen MR) is 80.2 cm³/mol. The van der Waals surface area contributed by atoms with E-state index < -0.39 is 74.6 Å². The number of aliphatic hydroxyl groups excluding tert-OH is 8. The quantitative estimate of drug-likeness (QED) is 0.211. The molecule has 144 valence electrons. The van der Waals surface area contributed by atoms with Gasteiger partial charge in [0, 0.05) is 0 Å². The summed E-state index contributed by atoms with van der Waals surface area (Å²) in [6.07, 6.45) is -15.6. The maximum absolute atomic E-state index is 9.94. The monoisotopic (exact) mass is 400 g/mol. The Hall–Kier alpha value is 0.850. The summed E-state index contributed by atoms with van der Waals surface area (Å²) in [5.41, 5.74) is 0. The van der Waals surface area contributed by atoms with Crippen LogP contribution >= 0.6 is 7.91 Å². The van der Waals surface area contributed by atoms with Gasteiger partial charge in [-0.25, -0.2) is 0 Å². The molecule has 0 bridgehead atoms. The Labute approximate surface area is 164 Å². The van der Waals surface area contributed by atoms with Crippen LogP contribution < -0.4 is 0 Å². The SMILES string of the molecule is OC[C@H]1O[C@@H](O[C@H]2[C@H](O)[C@@H](O)[C@@H](O)O[C@@H]2CO)[C@H](O)[C@@H](O)[C@H]1O.[Na][Cl]. The molecule has 8 N–H and O–H groups in total. The second-order valence-electron chi connectivity index (χ2n) is 5.53. The van der Waals surface area contributed by atoms with Crippen LogP contribution in [0.3, 0.4) is 0 Å². The van der Waals surface area contributed by atoms with Gasteiger partial charge in [-0.05, 0) is 0 Å². The van der Waals surface area contributed by atoms with Gasteiger partial charge in [0.25, 0.3) is 0 Å². The maximum atomic E-state index is 9.94. The van der Waals surface area contributed by atoms with E-state index in [0.29, 0.717) is 0 Å². The van der Waals surface area contributed by atoms with Crippen LogP contribution in [0.1, 0.15) is 0 Å². The van der Waals surface area contributed by atoms with Crippen LogP contribution in [0.4, 0.5) is 0 Å². The molecule has 2 heterocycles. The van der Waals surface area contributed by atoms with E-state index in [9.17, 15) is 35.7 Å². The van der Waals surface area contributed by atoms with Gasteiger partial charge in [0.1, 0.15) is 48.8 Å². The van der Waals surface area contributed by atoms with Crippen molar-refractivity contribution in [2.75, 3.05) is 13.2 Å².